The van der Waals surface area contributed by atoms with Gasteiger partial charge in [0, 0.05) is 11.1 Å². The van der Waals surface area contributed by atoms with Crippen molar-refractivity contribution in [2.24, 2.45) is 0 Å². The smallest absolute Gasteiger partial charge is 0.340 e. The normalized spacial score (nSPS) is 10.5. The molecule has 5 heteroatoms. The molecule has 0 aliphatic heterocycles. The summed E-state index contributed by atoms with van der Waals surface area (Å²) in [6.07, 6.45) is 0. The van der Waals surface area contributed by atoms with E-state index >= 15 is 0 Å². The minimum absolute atomic E-state index is 0.251. The lowest BCUT2D eigenvalue weighted by molar-refractivity contribution is 0.0527. The second kappa shape index (κ2) is 5.14. The molecule has 1 aromatic carbocycles. The van der Waals surface area contributed by atoms with E-state index in [9.17, 15) is 9.59 Å². The number of nitrogens with one attached hydrogen (secondary N) is 1. The van der Waals surface area contributed by atoms with Gasteiger partial charge in [0.25, 0.3) is 5.56 Å². The third kappa shape index (κ3) is 2.31. The third-order valence-corrected chi connectivity index (χ3v) is 2.90. The Morgan fingerprint density at radius 3 is 2.68 bits per heavy atom. The Kier molecular flexibility index (Phi) is 3.55. The van der Waals surface area contributed by atoms with Gasteiger partial charge in [0.1, 0.15) is 5.75 Å². The van der Waals surface area contributed by atoms with E-state index in [2.05, 4.69) is 4.98 Å². The summed E-state index contributed by atoms with van der Waals surface area (Å²) in [5, 5.41) is 0.980. The highest BCUT2D eigenvalue weighted by Crippen LogP contribution is 2.23. The average molecular weight is 261 g/mol. The molecular weight excluding hydrogens is 246 g/mol. The van der Waals surface area contributed by atoms with Crippen LogP contribution in [0.3, 0.4) is 0 Å². The van der Waals surface area contributed by atoms with Gasteiger partial charge in [0.05, 0.1) is 24.7 Å². The van der Waals surface area contributed by atoms with Crippen LogP contribution in [0, 0.1) is 6.92 Å². The Labute approximate surface area is 110 Å². The van der Waals surface area contributed by atoms with Crippen LogP contribution in [0.15, 0.2) is 23.0 Å². The third-order valence-electron chi connectivity index (χ3n) is 2.90. The van der Waals surface area contributed by atoms with Gasteiger partial charge >= 0.3 is 5.97 Å². The molecule has 0 atom stereocenters. The number of fused-ring (bicyclic) bond motifs is 1. The number of carbonyl (C=O) groups excluding carboxylic acids is 1. The summed E-state index contributed by atoms with van der Waals surface area (Å²) in [4.78, 5) is 26.6. The molecule has 0 saturated carbocycles. The fourth-order valence-corrected chi connectivity index (χ4v) is 2.02. The van der Waals surface area contributed by atoms with Gasteiger partial charge in [-0.3, -0.25) is 4.79 Å². The molecule has 0 spiro atoms. The van der Waals surface area contributed by atoms with E-state index in [1.54, 1.807) is 32.0 Å². The van der Waals surface area contributed by atoms with Crippen molar-refractivity contribution < 1.29 is 14.3 Å². The van der Waals surface area contributed by atoms with E-state index < -0.39 is 5.97 Å². The predicted molar refractivity (Wildman–Crippen MR) is 71.8 cm³/mol. The lowest BCUT2D eigenvalue weighted by Crippen LogP contribution is -2.15. The number of esters is 1. The summed E-state index contributed by atoms with van der Waals surface area (Å²) in [5.74, 6) is 0.128. The molecule has 1 aromatic heterocycles. The lowest BCUT2D eigenvalue weighted by atomic mass is 10.0. The van der Waals surface area contributed by atoms with Crippen molar-refractivity contribution in [2.75, 3.05) is 13.7 Å². The highest BCUT2D eigenvalue weighted by molar-refractivity contribution is 6.05. The molecule has 0 aliphatic carbocycles. The van der Waals surface area contributed by atoms with Gasteiger partial charge in [-0.25, -0.2) is 4.79 Å². The number of pyridine rings is 1. The molecule has 0 aliphatic rings. The number of H-pyrrole nitrogens is 1. The summed E-state index contributed by atoms with van der Waals surface area (Å²) in [7, 11) is 1.52. The zero-order chi connectivity index (χ0) is 14.0. The molecule has 0 unspecified atom stereocenters. The number of benzene rings is 1. The maximum Gasteiger partial charge on any atom is 0.340 e. The standard InChI is InChI=1S/C14H15NO4/c1-4-19-14(17)12-8(2)15-13(16)11-7-9(18-3)5-6-10(11)12/h5-7H,4H2,1-3H3,(H,15,16). The topological polar surface area (TPSA) is 68.4 Å². The van der Waals surface area contributed by atoms with Crippen molar-refractivity contribution >= 4 is 16.7 Å². The number of aryl methyl sites for hydroxylation is 1. The highest BCUT2D eigenvalue weighted by Gasteiger charge is 2.17. The number of methoxy groups -OCH3 is 1. The van der Waals surface area contributed by atoms with Crippen LogP contribution in [0.5, 0.6) is 5.75 Å². The van der Waals surface area contributed by atoms with Gasteiger partial charge in [-0.1, -0.05) is 0 Å². The van der Waals surface area contributed by atoms with Gasteiger partial charge in [-0.05, 0) is 32.0 Å². The Morgan fingerprint density at radius 2 is 2.05 bits per heavy atom. The van der Waals surface area contributed by atoms with Crippen LogP contribution in [0.4, 0.5) is 0 Å². The molecule has 1 heterocycles. The maximum absolute atomic E-state index is 12.0. The summed E-state index contributed by atoms with van der Waals surface area (Å²) >= 11 is 0. The minimum Gasteiger partial charge on any atom is -0.497 e. The van der Waals surface area contributed by atoms with Crippen molar-refractivity contribution in [3.63, 3.8) is 0 Å². The summed E-state index contributed by atoms with van der Waals surface area (Å²) in [6, 6.07) is 5.02. The predicted octanol–water partition coefficient (Wildman–Crippen LogP) is 2.02. The molecule has 0 saturated heterocycles. The molecule has 2 rings (SSSR count). The van der Waals surface area contributed by atoms with E-state index in [1.807, 2.05) is 0 Å². The van der Waals surface area contributed by atoms with Crippen molar-refractivity contribution in [2.45, 2.75) is 13.8 Å². The molecule has 2 aromatic rings. The van der Waals surface area contributed by atoms with Crippen molar-refractivity contribution in [3.05, 3.63) is 39.8 Å². The first kappa shape index (κ1) is 13.1. The fourth-order valence-electron chi connectivity index (χ4n) is 2.02. The number of ether oxygens (including phenoxy) is 2. The Morgan fingerprint density at radius 1 is 1.32 bits per heavy atom. The monoisotopic (exact) mass is 261 g/mol. The van der Waals surface area contributed by atoms with Crippen molar-refractivity contribution in [1.29, 1.82) is 0 Å². The number of hydrogen-bond acceptors (Lipinski definition) is 4. The van der Waals surface area contributed by atoms with Gasteiger partial charge in [-0.15, -0.1) is 0 Å². The summed E-state index contributed by atoms with van der Waals surface area (Å²) in [5.41, 5.74) is 0.639. The van der Waals surface area contributed by atoms with Crippen LogP contribution in [-0.4, -0.2) is 24.7 Å². The van der Waals surface area contributed by atoms with E-state index in [-0.39, 0.29) is 12.2 Å². The van der Waals surface area contributed by atoms with Crippen LogP contribution in [-0.2, 0) is 4.74 Å². The number of carbonyl (C=O) groups is 1. The zero-order valence-corrected chi connectivity index (χ0v) is 11.1. The first-order valence-corrected chi connectivity index (χ1v) is 5.96. The highest BCUT2D eigenvalue weighted by atomic mass is 16.5. The van der Waals surface area contributed by atoms with Crippen molar-refractivity contribution in [1.82, 2.24) is 4.98 Å². The van der Waals surface area contributed by atoms with Crippen molar-refractivity contribution in [3.8, 4) is 5.75 Å². The maximum atomic E-state index is 12.0. The molecule has 0 amide bonds. The number of hydrogen-bond donors (Lipinski definition) is 1. The number of rotatable bonds is 3. The lowest BCUT2D eigenvalue weighted by Gasteiger charge is -2.10. The van der Waals surface area contributed by atoms with Gasteiger partial charge < -0.3 is 14.5 Å². The molecule has 100 valence electrons. The molecule has 0 fully saturated rings. The quantitative estimate of drug-likeness (QED) is 0.858. The van der Waals surface area contributed by atoms with Gasteiger partial charge in [0.2, 0.25) is 0 Å². The fraction of sp³-hybridized carbons (Fsp3) is 0.286. The van der Waals surface area contributed by atoms with Gasteiger partial charge in [0.15, 0.2) is 0 Å². The zero-order valence-electron chi connectivity index (χ0n) is 11.1. The SMILES string of the molecule is CCOC(=O)c1c(C)[nH]c(=O)c2cc(OC)ccc12. The average Bonchev–Trinajstić information content (AvgIpc) is 2.38. The molecule has 0 radical (unpaired) electrons. The van der Waals surface area contributed by atoms with Crippen LogP contribution in [0.25, 0.3) is 10.8 Å². The summed E-state index contributed by atoms with van der Waals surface area (Å²) in [6.45, 7) is 3.70. The molecular formula is C14H15NO4. The summed E-state index contributed by atoms with van der Waals surface area (Å²) < 4.78 is 10.1. The van der Waals surface area contributed by atoms with E-state index in [0.717, 1.165) is 0 Å². The molecule has 5 nitrogen and oxygen atoms in total. The van der Waals surface area contributed by atoms with E-state index in [1.165, 1.54) is 7.11 Å². The second-order valence-electron chi connectivity index (χ2n) is 4.09. The van der Waals surface area contributed by atoms with Crippen LogP contribution in [0.2, 0.25) is 0 Å². The Hall–Kier alpha value is -2.30. The van der Waals surface area contributed by atoms with Gasteiger partial charge in [-0.2, -0.15) is 0 Å². The minimum atomic E-state index is -0.439. The van der Waals surface area contributed by atoms with Crippen LogP contribution < -0.4 is 10.3 Å². The van der Waals surface area contributed by atoms with Crippen LogP contribution in [0.1, 0.15) is 23.0 Å². The largest absolute Gasteiger partial charge is 0.497 e. The van der Waals surface area contributed by atoms with Crippen LogP contribution >= 0.6 is 0 Å². The Balaban J connectivity index is 2.77. The molecule has 0 bridgehead atoms. The second-order valence-corrected chi connectivity index (χ2v) is 4.09. The number of aromatic nitrogens is 1. The first-order valence-electron chi connectivity index (χ1n) is 5.96. The number of aromatic amines is 1. The molecule has 1 N–H and O–H groups in total. The van der Waals surface area contributed by atoms with E-state index in [4.69, 9.17) is 9.47 Å². The molecule has 19 heavy (non-hydrogen) atoms. The Bertz CT molecular complexity index is 688. The van der Waals surface area contributed by atoms with E-state index in [0.29, 0.717) is 27.8 Å². The first-order chi connectivity index (χ1) is 9.08.